The Morgan fingerprint density at radius 3 is 2.36 bits per heavy atom. The first-order valence-corrected chi connectivity index (χ1v) is 13.7. The monoisotopic (exact) mass is 531 g/mol. The van der Waals surface area contributed by atoms with E-state index in [1.165, 1.54) is 5.56 Å². The van der Waals surface area contributed by atoms with Gasteiger partial charge in [0, 0.05) is 24.6 Å². The number of likely N-dealkylation sites (tertiary alicyclic amines) is 1. The molecule has 9 nitrogen and oxygen atoms in total. The number of carbonyl (C=O) groups excluding carboxylic acids is 2. The average Bonchev–Trinajstić information content (AvgIpc) is 3.42. The third-order valence-electron chi connectivity index (χ3n) is 7.51. The molecule has 0 radical (unpaired) electrons. The number of piperidine rings is 1. The molecule has 3 aromatic rings. The number of nitrogens with zero attached hydrogens (tertiary/aromatic N) is 4. The van der Waals surface area contributed by atoms with Crippen LogP contribution < -0.4 is 5.32 Å². The van der Waals surface area contributed by atoms with Crippen LogP contribution in [-0.2, 0) is 21.5 Å². The van der Waals surface area contributed by atoms with Crippen LogP contribution >= 0.6 is 0 Å². The van der Waals surface area contributed by atoms with Crippen LogP contribution in [0.1, 0.15) is 55.4 Å². The smallest absolute Gasteiger partial charge is 0.256 e. The fourth-order valence-corrected chi connectivity index (χ4v) is 5.05. The molecule has 3 heterocycles. The summed E-state index contributed by atoms with van der Waals surface area (Å²) in [4.78, 5) is 34.8. The molecule has 0 unspecified atom stereocenters. The van der Waals surface area contributed by atoms with Crippen LogP contribution in [0.3, 0.4) is 0 Å². The third kappa shape index (κ3) is 6.54. The van der Waals surface area contributed by atoms with Gasteiger partial charge in [-0.15, -0.1) is 0 Å². The highest BCUT2D eigenvalue weighted by Crippen LogP contribution is 2.26. The number of para-hydroxylation sites is 1. The van der Waals surface area contributed by atoms with Crippen molar-refractivity contribution in [3.63, 3.8) is 0 Å². The number of hydrogen-bond donors (Lipinski definition) is 1. The zero-order valence-electron chi connectivity index (χ0n) is 23.0. The first-order chi connectivity index (χ1) is 18.8. The van der Waals surface area contributed by atoms with Gasteiger partial charge in [0.25, 0.3) is 5.91 Å². The van der Waals surface area contributed by atoms with E-state index in [0.29, 0.717) is 55.8 Å². The molecule has 2 fully saturated rings. The van der Waals surface area contributed by atoms with Gasteiger partial charge in [0.1, 0.15) is 0 Å². The summed E-state index contributed by atoms with van der Waals surface area (Å²) in [5.74, 6) is 0.921. The van der Waals surface area contributed by atoms with Gasteiger partial charge in [0.15, 0.2) is 0 Å². The summed E-state index contributed by atoms with van der Waals surface area (Å²) in [6.45, 7) is 10.8. The summed E-state index contributed by atoms with van der Waals surface area (Å²) in [5, 5.41) is 7.20. The van der Waals surface area contributed by atoms with Gasteiger partial charge in [-0.05, 0) is 49.0 Å². The summed E-state index contributed by atoms with van der Waals surface area (Å²) >= 11 is 0. The van der Waals surface area contributed by atoms with Crippen LogP contribution in [0.5, 0.6) is 0 Å². The summed E-state index contributed by atoms with van der Waals surface area (Å²) in [6, 6.07) is 15.5. The lowest BCUT2D eigenvalue weighted by Gasteiger charge is -2.30. The van der Waals surface area contributed by atoms with Crippen LogP contribution in [0.2, 0.25) is 0 Å². The fourth-order valence-electron chi connectivity index (χ4n) is 5.05. The summed E-state index contributed by atoms with van der Waals surface area (Å²) in [7, 11) is 0. The number of amides is 2. The molecule has 2 aliphatic rings. The lowest BCUT2D eigenvalue weighted by atomic mass is 9.87. The van der Waals surface area contributed by atoms with Gasteiger partial charge in [-0.3, -0.25) is 14.5 Å². The van der Waals surface area contributed by atoms with Crippen molar-refractivity contribution in [2.45, 2.75) is 45.6 Å². The number of rotatable bonds is 6. The number of hydrogen-bond acceptors (Lipinski definition) is 7. The van der Waals surface area contributed by atoms with Gasteiger partial charge < -0.3 is 19.5 Å². The molecule has 2 aliphatic heterocycles. The van der Waals surface area contributed by atoms with Crippen LogP contribution in [0.4, 0.5) is 5.69 Å². The topological polar surface area (TPSA) is 101 Å². The zero-order valence-corrected chi connectivity index (χ0v) is 23.0. The van der Waals surface area contributed by atoms with Gasteiger partial charge in [-0.25, -0.2) is 0 Å². The third-order valence-corrected chi connectivity index (χ3v) is 7.51. The Bertz CT molecular complexity index is 1280. The number of anilines is 1. The molecule has 9 heteroatoms. The summed E-state index contributed by atoms with van der Waals surface area (Å²) in [5.41, 5.74) is 3.36. The van der Waals surface area contributed by atoms with Crippen molar-refractivity contribution < 1.29 is 18.8 Å². The SMILES string of the molecule is CC(C)(C)c1ccc(-c2noc(CN3CCC(C(=O)Nc4ccccc4C(=O)N4CCOCC4)CC3)n2)cc1. The number of carbonyl (C=O) groups is 2. The number of morpholine rings is 1. The summed E-state index contributed by atoms with van der Waals surface area (Å²) in [6.07, 6.45) is 1.45. The normalized spacial score (nSPS) is 17.3. The highest BCUT2D eigenvalue weighted by molar-refractivity contribution is 6.04. The molecule has 0 saturated carbocycles. The number of nitrogens with one attached hydrogen (secondary N) is 1. The molecular weight excluding hydrogens is 494 g/mol. The maximum atomic E-state index is 13.1. The average molecular weight is 532 g/mol. The molecule has 0 atom stereocenters. The maximum Gasteiger partial charge on any atom is 0.256 e. The Morgan fingerprint density at radius 1 is 0.974 bits per heavy atom. The second-order valence-electron chi connectivity index (χ2n) is 11.3. The van der Waals surface area contributed by atoms with Crippen LogP contribution in [-0.4, -0.2) is 71.1 Å². The van der Waals surface area contributed by atoms with E-state index in [9.17, 15) is 9.59 Å². The minimum atomic E-state index is -0.118. The molecule has 5 rings (SSSR count). The van der Waals surface area contributed by atoms with Crippen molar-refractivity contribution in [2.24, 2.45) is 5.92 Å². The molecule has 1 aromatic heterocycles. The molecular formula is C30H37N5O4. The van der Waals surface area contributed by atoms with Gasteiger partial charge in [0.05, 0.1) is 31.0 Å². The Balaban J connectivity index is 1.14. The number of ether oxygens (including phenoxy) is 1. The molecule has 39 heavy (non-hydrogen) atoms. The van der Waals surface area contributed by atoms with E-state index < -0.39 is 0 Å². The van der Waals surface area contributed by atoms with E-state index in [4.69, 9.17) is 9.26 Å². The standard InChI is InChI=1S/C30H37N5O4/c1-30(2,3)23-10-8-21(9-11-23)27-32-26(39-33-27)20-34-14-12-22(13-15-34)28(36)31-25-7-5-4-6-24(25)29(37)35-16-18-38-19-17-35/h4-11,22H,12-20H2,1-3H3,(H,31,36). The molecule has 206 valence electrons. The fraction of sp³-hybridized carbons (Fsp3) is 0.467. The molecule has 2 saturated heterocycles. The van der Waals surface area contributed by atoms with Crippen molar-refractivity contribution >= 4 is 17.5 Å². The van der Waals surface area contributed by atoms with Gasteiger partial charge in [-0.1, -0.05) is 62.3 Å². The molecule has 1 N–H and O–H groups in total. The molecule has 0 aliphatic carbocycles. The number of benzene rings is 2. The van der Waals surface area contributed by atoms with Gasteiger partial charge >= 0.3 is 0 Å². The van der Waals surface area contributed by atoms with Crippen molar-refractivity contribution in [2.75, 3.05) is 44.7 Å². The minimum absolute atomic E-state index is 0.0457. The molecule has 2 amide bonds. The van der Waals surface area contributed by atoms with Gasteiger partial charge in [0.2, 0.25) is 17.6 Å². The zero-order chi connectivity index (χ0) is 27.4. The van der Waals surface area contributed by atoms with Crippen LogP contribution in [0.25, 0.3) is 11.4 Å². The summed E-state index contributed by atoms with van der Waals surface area (Å²) < 4.78 is 10.9. The number of aromatic nitrogens is 2. The molecule has 0 bridgehead atoms. The second-order valence-corrected chi connectivity index (χ2v) is 11.3. The van der Waals surface area contributed by atoms with E-state index in [0.717, 1.165) is 31.5 Å². The van der Waals surface area contributed by atoms with E-state index >= 15 is 0 Å². The first kappa shape index (κ1) is 27.0. The van der Waals surface area contributed by atoms with E-state index in [2.05, 4.69) is 53.3 Å². The van der Waals surface area contributed by atoms with Crippen molar-refractivity contribution in [3.8, 4) is 11.4 Å². The highest BCUT2D eigenvalue weighted by Gasteiger charge is 2.28. The van der Waals surface area contributed by atoms with Crippen molar-refractivity contribution in [3.05, 3.63) is 65.5 Å². The van der Waals surface area contributed by atoms with E-state index in [-0.39, 0.29) is 23.1 Å². The highest BCUT2D eigenvalue weighted by atomic mass is 16.5. The Labute approximate surface area is 229 Å². The Morgan fingerprint density at radius 2 is 1.67 bits per heavy atom. The van der Waals surface area contributed by atoms with Gasteiger partial charge in [-0.2, -0.15) is 4.98 Å². The Kier molecular flexibility index (Phi) is 8.09. The lowest BCUT2D eigenvalue weighted by Crippen LogP contribution is -2.41. The predicted molar refractivity (Wildman–Crippen MR) is 148 cm³/mol. The molecule has 2 aromatic carbocycles. The first-order valence-electron chi connectivity index (χ1n) is 13.7. The van der Waals surface area contributed by atoms with Crippen LogP contribution in [0, 0.1) is 5.92 Å². The second kappa shape index (κ2) is 11.7. The van der Waals surface area contributed by atoms with Crippen molar-refractivity contribution in [1.82, 2.24) is 19.9 Å². The van der Waals surface area contributed by atoms with E-state index in [1.54, 1.807) is 17.0 Å². The largest absolute Gasteiger partial charge is 0.378 e. The van der Waals surface area contributed by atoms with Crippen LogP contribution in [0.15, 0.2) is 53.1 Å². The quantitative estimate of drug-likeness (QED) is 0.504. The predicted octanol–water partition coefficient (Wildman–Crippen LogP) is 4.36. The van der Waals surface area contributed by atoms with Crippen molar-refractivity contribution in [1.29, 1.82) is 0 Å². The maximum absolute atomic E-state index is 13.1. The van der Waals surface area contributed by atoms with E-state index in [1.807, 2.05) is 24.3 Å². The lowest BCUT2D eigenvalue weighted by molar-refractivity contribution is -0.121. The minimum Gasteiger partial charge on any atom is -0.378 e. The molecule has 0 spiro atoms. The Hall–Kier alpha value is -3.56.